The van der Waals surface area contributed by atoms with E-state index in [1.807, 2.05) is 23.3 Å². The van der Waals surface area contributed by atoms with Crippen molar-refractivity contribution in [2.45, 2.75) is 19.3 Å². The fourth-order valence-electron chi connectivity index (χ4n) is 4.03. The van der Waals surface area contributed by atoms with Crippen LogP contribution in [0.2, 0.25) is 0 Å². The van der Waals surface area contributed by atoms with Crippen LogP contribution in [0.15, 0.2) is 24.3 Å². The van der Waals surface area contributed by atoms with Crippen LogP contribution in [0.5, 0.6) is 5.75 Å². The van der Waals surface area contributed by atoms with E-state index in [0.717, 1.165) is 49.9 Å². The number of benzene rings is 1. The first-order valence-corrected chi connectivity index (χ1v) is 10.6. The number of carbonyl (C=O) groups excluding carboxylic acids is 1. The van der Waals surface area contributed by atoms with Crippen LogP contribution in [0.4, 0.5) is 13.2 Å². The molecule has 2 aromatic rings. The van der Waals surface area contributed by atoms with Crippen molar-refractivity contribution in [1.82, 2.24) is 24.9 Å². The fourth-order valence-corrected chi connectivity index (χ4v) is 4.03. The first-order valence-electron chi connectivity index (χ1n) is 10.6. The Morgan fingerprint density at radius 3 is 2.56 bits per heavy atom. The van der Waals surface area contributed by atoms with Crippen LogP contribution in [0.3, 0.4) is 0 Å². The molecule has 1 aromatic heterocycles. The molecule has 2 aliphatic heterocycles. The van der Waals surface area contributed by atoms with E-state index in [1.54, 1.807) is 0 Å². The zero-order chi connectivity index (χ0) is 22.7. The lowest BCUT2D eigenvalue weighted by molar-refractivity contribution is -0.141. The zero-order valence-electron chi connectivity index (χ0n) is 17.6. The molecule has 0 spiro atoms. The number of aliphatic hydroxyl groups is 1. The van der Waals surface area contributed by atoms with Crippen LogP contribution < -0.4 is 4.74 Å². The summed E-state index contributed by atoms with van der Waals surface area (Å²) in [6, 6.07) is 6.62. The van der Waals surface area contributed by atoms with E-state index in [9.17, 15) is 18.0 Å². The van der Waals surface area contributed by atoms with Crippen molar-refractivity contribution in [1.29, 1.82) is 0 Å². The Morgan fingerprint density at radius 1 is 1.12 bits per heavy atom. The van der Waals surface area contributed by atoms with Gasteiger partial charge in [0.15, 0.2) is 5.69 Å². The van der Waals surface area contributed by atoms with Gasteiger partial charge < -0.3 is 14.7 Å². The predicted octanol–water partition coefficient (Wildman–Crippen LogP) is 1.57. The van der Waals surface area contributed by atoms with E-state index in [4.69, 9.17) is 9.84 Å². The molecule has 1 saturated heterocycles. The first-order chi connectivity index (χ1) is 15.3. The van der Waals surface area contributed by atoms with Gasteiger partial charge in [-0.3, -0.25) is 19.7 Å². The van der Waals surface area contributed by atoms with Gasteiger partial charge in [-0.1, -0.05) is 6.07 Å². The van der Waals surface area contributed by atoms with Crippen LogP contribution in [-0.4, -0.2) is 88.4 Å². The van der Waals surface area contributed by atoms with Crippen molar-refractivity contribution in [3.63, 3.8) is 0 Å². The highest BCUT2D eigenvalue weighted by Crippen LogP contribution is 2.29. The summed E-state index contributed by atoms with van der Waals surface area (Å²) >= 11 is 0. The molecule has 0 aliphatic carbocycles. The van der Waals surface area contributed by atoms with Crippen molar-refractivity contribution in [2.24, 2.45) is 0 Å². The topological polar surface area (TPSA) is 84.9 Å². The Morgan fingerprint density at radius 2 is 1.88 bits per heavy atom. The number of aromatic amines is 1. The highest BCUT2D eigenvalue weighted by atomic mass is 19.4. The van der Waals surface area contributed by atoms with Gasteiger partial charge in [-0.05, 0) is 17.7 Å². The number of alkyl halides is 3. The molecule has 174 valence electrons. The number of hydrogen-bond acceptors (Lipinski definition) is 6. The maximum absolute atomic E-state index is 12.8. The molecule has 2 N–H and O–H groups in total. The van der Waals surface area contributed by atoms with Crippen molar-refractivity contribution < 1.29 is 27.8 Å². The third kappa shape index (κ3) is 5.22. The number of ether oxygens (including phenoxy) is 1. The average molecular weight is 453 g/mol. The molecule has 0 bridgehead atoms. The summed E-state index contributed by atoms with van der Waals surface area (Å²) in [4.78, 5) is 18.8. The van der Waals surface area contributed by atoms with Crippen molar-refractivity contribution >= 4 is 5.91 Å². The van der Waals surface area contributed by atoms with Gasteiger partial charge >= 0.3 is 6.18 Å². The second-order valence-electron chi connectivity index (χ2n) is 8.02. The van der Waals surface area contributed by atoms with Crippen molar-refractivity contribution in [2.75, 3.05) is 52.5 Å². The average Bonchev–Trinajstić information content (AvgIpc) is 3.17. The van der Waals surface area contributed by atoms with Crippen LogP contribution in [0.25, 0.3) is 0 Å². The fraction of sp³-hybridized carbons (Fsp3) is 0.524. The summed E-state index contributed by atoms with van der Waals surface area (Å²) in [5, 5.41) is 14.5. The molecule has 11 heteroatoms. The molecule has 1 fully saturated rings. The van der Waals surface area contributed by atoms with Crippen LogP contribution in [0, 0.1) is 0 Å². The number of carbonyl (C=O) groups is 1. The monoisotopic (exact) mass is 453 g/mol. The van der Waals surface area contributed by atoms with Gasteiger partial charge in [0.25, 0.3) is 5.91 Å². The quantitative estimate of drug-likeness (QED) is 0.715. The minimum absolute atomic E-state index is 0.163. The molecular weight excluding hydrogens is 427 g/mol. The van der Waals surface area contributed by atoms with E-state index in [2.05, 4.69) is 14.9 Å². The largest absolute Gasteiger partial charge is 0.491 e. The van der Waals surface area contributed by atoms with Gasteiger partial charge in [0.05, 0.1) is 13.2 Å². The Hall–Kier alpha value is -2.63. The number of aromatic nitrogens is 2. The summed E-state index contributed by atoms with van der Waals surface area (Å²) in [7, 11) is 0. The van der Waals surface area contributed by atoms with Crippen molar-refractivity contribution in [3.8, 4) is 5.75 Å². The van der Waals surface area contributed by atoms with Gasteiger partial charge in [-0.25, -0.2) is 0 Å². The molecule has 4 rings (SSSR count). The number of β-amino-alcohol motifs (C(OH)–C–C–N with tert-alkyl or cyclic N) is 1. The summed E-state index contributed by atoms with van der Waals surface area (Å²) in [6.07, 6.45) is -4.58. The summed E-state index contributed by atoms with van der Waals surface area (Å²) in [6.45, 7) is 5.96. The molecule has 2 aliphatic rings. The Balaban J connectivity index is 1.43. The van der Waals surface area contributed by atoms with Crippen molar-refractivity contribution in [3.05, 3.63) is 46.8 Å². The number of rotatable bonds is 5. The number of piperazine rings is 1. The van der Waals surface area contributed by atoms with Crippen LogP contribution >= 0.6 is 0 Å². The van der Waals surface area contributed by atoms with E-state index in [1.165, 1.54) is 4.90 Å². The number of halogens is 3. The van der Waals surface area contributed by atoms with Crippen LogP contribution in [-0.2, 0) is 19.3 Å². The normalized spacial score (nSPS) is 18.2. The lowest BCUT2D eigenvalue weighted by Crippen LogP contribution is -2.46. The van der Waals surface area contributed by atoms with Crippen LogP contribution in [0.1, 0.15) is 27.3 Å². The molecule has 0 atom stereocenters. The number of amides is 1. The smallest absolute Gasteiger partial charge is 0.432 e. The SMILES string of the molecule is O=C(c1cc(C(F)(F)F)[nH]n1)N1CCOc2ccc(CN3CCN(CCO)CC3)cc2C1. The number of nitrogens with zero attached hydrogens (tertiary/aromatic N) is 4. The van der Waals surface area contributed by atoms with E-state index in [-0.39, 0.29) is 32.0 Å². The zero-order valence-corrected chi connectivity index (χ0v) is 17.6. The Labute approximate surface area is 183 Å². The molecule has 1 amide bonds. The molecule has 0 radical (unpaired) electrons. The van der Waals surface area contributed by atoms with Gasteiger partial charge in [-0.2, -0.15) is 18.3 Å². The highest BCUT2D eigenvalue weighted by molar-refractivity contribution is 5.92. The first kappa shape index (κ1) is 22.6. The second-order valence-corrected chi connectivity index (χ2v) is 8.02. The summed E-state index contributed by atoms with van der Waals surface area (Å²) in [5.41, 5.74) is 0.585. The van der Waals surface area contributed by atoms with Gasteiger partial charge in [-0.15, -0.1) is 0 Å². The second kappa shape index (κ2) is 9.47. The predicted molar refractivity (Wildman–Crippen MR) is 109 cm³/mol. The maximum Gasteiger partial charge on any atom is 0.432 e. The Kier molecular flexibility index (Phi) is 6.68. The lowest BCUT2D eigenvalue weighted by atomic mass is 10.1. The third-order valence-corrected chi connectivity index (χ3v) is 5.78. The Bertz CT molecular complexity index is 941. The van der Waals surface area contributed by atoms with E-state index >= 15 is 0 Å². The number of hydrogen-bond donors (Lipinski definition) is 2. The van der Waals surface area contributed by atoms with E-state index in [0.29, 0.717) is 12.3 Å². The van der Waals surface area contributed by atoms with Gasteiger partial charge in [0.1, 0.15) is 18.1 Å². The summed E-state index contributed by atoms with van der Waals surface area (Å²) < 4.78 is 44.3. The van der Waals surface area contributed by atoms with Gasteiger partial charge in [0, 0.05) is 57.4 Å². The molecular formula is C21H26F3N5O3. The molecule has 1 aromatic carbocycles. The number of H-pyrrole nitrogens is 1. The summed E-state index contributed by atoms with van der Waals surface area (Å²) in [5.74, 6) is 0.105. The minimum Gasteiger partial charge on any atom is -0.491 e. The number of fused-ring (bicyclic) bond motifs is 1. The number of nitrogens with one attached hydrogen (secondary N) is 1. The molecule has 32 heavy (non-hydrogen) atoms. The molecule has 8 nitrogen and oxygen atoms in total. The number of aliphatic hydroxyl groups excluding tert-OH is 1. The van der Waals surface area contributed by atoms with E-state index < -0.39 is 17.8 Å². The standard InChI is InChI=1S/C21H26F3N5O3/c22-21(23,24)19-12-17(25-26-19)20(31)29-8-10-32-18-2-1-15(11-16(18)14-29)13-28-5-3-27(4-6-28)7-9-30/h1-2,11-12,30H,3-10,13-14H2,(H,25,26). The van der Waals surface area contributed by atoms with Gasteiger partial charge in [0.2, 0.25) is 0 Å². The molecule has 3 heterocycles. The maximum atomic E-state index is 12.8. The molecule has 0 unspecified atom stereocenters. The molecule has 0 saturated carbocycles. The third-order valence-electron chi connectivity index (χ3n) is 5.78. The lowest BCUT2D eigenvalue weighted by Gasteiger charge is -2.34. The highest BCUT2D eigenvalue weighted by Gasteiger charge is 2.34. The minimum atomic E-state index is -4.58.